The molecule has 5 rings (SSSR count). The predicted molar refractivity (Wildman–Crippen MR) is 140 cm³/mol. The lowest BCUT2D eigenvalue weighted by Gasteiger charge is -2.33. The highest BCUT2D eigenvalue weighted by atomic mass is 35.5. The van der Waals surface area contributed by atoms with Gasteiger partial charge in [0.05, 0.1) is 23.2 Å². The number of nitrogens with zero attached hydrogens (tertiary/aromatic N) is 3. The summed E-state index contributed by atoms with van der Waals surface area (Å²) >= 11 is 6.04. The summed E-state index contributed by atoms with van der Waals surface area (Å²) in [5.41, 5.74) is 1.78. The molecule has 214 valence electrons. The number of hydrogen-bond acceptors (Lipinski definition) is 6. The van der Waals surface area contributed by atoms with Crippen molar-refractivity contribution in [2.45, 2.75) is 56.5 Å². The van der Waals surface area contributed by atoms with Gasteiger partial charge in [-0.3, -0.25) is 9.36 Å². The van der Waals surface area contributed by atoms with E-state index in [1.54, 1.807) is 34.9 Å². The third-order valence-corrected chi connectivity index (χ3v) is 7.50. The van der Waals surface area contributed by atoms with Crippen LogP contribution in [-0.4, -0.2) is 74.5 Å². The van der Waals surface area contributed by atoms with Crippen molar-refractivity contribution in [2.24, 2.45) is 0 Å². The van der Waals surface area contributed by atoms with E-state index in [2.05, 4.69) is 14.7 Å². The Labute approximate surface area is 232 Å². The largest absolute Gasteiger partial charge is 0.493 e. The lowest BCUT2D eigenvalue weighted by atomic mass is 9.99. The first-order chi connectivity index (χ1) is 19.0. The minimum atomic E-state index is -5.23. The maximum absolute atomic E-state index is 13.1. The number of aromatic amines is 1. The zero-order valence-corrected chi connectivity index (χ0v) is 22.1. The van der Waals surface area contributed by atoms with Gasteiger partial charge < -0.3 is 19.8 Å². The summed E-state index contributed by atoms with van der Waals surface area (Å²) in [6, 6.07) is 10.9. The van der Waals surface area contributed by atoms with Crippen LogP contribution in [0.4, 0.5) is 13.2 Å². The molecule has 1 saturated carbocycles. The van der Waals surface area contributed by atoms with E-state index in [0.717, 1.165) is 5.52 Å². The summed E-state index contributed by atoms with van der Waals surface area (Å²) in [7, 11) is 0. The third kappa shape index (κ3) is 6.18. The van der Waals surface area contributed by atoms with E-state index in [1.165, 1.54) is 6.07 Å². The Morgan fingerprint density at radius 1 is 1.12 bits per heavy atom. The summed E-state index contributed by atoms with van der Waals surface area (Å²) in [6.07, 6.45) is -3.78. The molecule has 2 aromatic carbocycles. The number of carbonyl (C=O) groups excluding carboxylic acids is 2. The average Bonchev–Trinajstić information content (AvgIpc) is 3.69. The van der Waals surface area contributed by atoms with Gasteiger partial charge in [0, 0.05) is 42.7 Å². The van der Waals surface area contributed by atoms with Crippen LogP contribution >= 0.6 is 11.6 Å². The Morgan fingerprint density at radius 2 is 1.82 bits per heavy atom. The SMILES string of the molecule is O=C(c1ccccc1C[C@H](O)CN1CCC(n2c(=O)[nH]c3cc(Cl)ccc32)CC1)N(OC(=O)C(F)(F)F)C1CC1. The lowest BCUT2D eigenvalue weighted by molar-refractivity contribution is -0.230. The summed E-state index contributed by atoms with van der Waals surface area (Å²) < 4.78 is 40.0. The summed E-state index contributed by atoms with van der Waals surface area (Å²) in [6.45, 7) is 1.58. The predicted octanol–water partition coefficient (Wildman–Crippen LogP) is 3.85. The van der Waals surface area contributed by atoms with E-state index < -0.39 is 30.2 Å². The smallest absolute Gasteiger partial charge is 0.391 e. The molecule has 2 N–H and O–H groups in total. The van der Waals surface area contributed by atoms with Crippen LogP contribution in [0.1, 0.15) is 47.6 Å². The quantitative estimate of drug-likeness (QED) is 0.411. The number of imidazole rings is 1. The molecule has 3 aromatic rings. The molecule has 0 radical (unpaired) electrons. The molecular weight excluding hydrogens is 553 g/mol. The fourth-order valence-electron chi connectivity index (χ4n) is 5.20. The lowest BCUT2D eigenvalue weighted by Crippen LogP contribution is -2.42. The van der Waals surface area contributed by atoms with E-state index in [-0.39, 0.29) is 23.7 Å². The van der Waals surface area contributed by atoms with Gasteiger partial charge in [-0.25, -0.2) is 9.59 Å². The van der Waals surface area contributed by atoms with Gasteiger partial charge in [-0.15, -0.1) is 0 Å². The molecule has 1 aliphatic heterocycles. The highest BCUT2D eigenvalue weighted by molar-refractivity contribution is 6.31. The molecular formula is C27H28ClF3N4O5. The normalized spacial score (nSPS) is 17.6. The summed E-state index contributed by atoms with van der Waals surface area (Å²) in [5.74, 6) is -3.30. The van der Waals surface area contributed by atoms with Crippen molar-refractivity contribution in [2.75, 3.05) is 19.6 Å². The highest BCUT2D eigenvalue weighted by Crippen LogP contribution is 2.31. The number of aliphatic hydroxyl groups is 1. The number of H-pyrrole nitrogens is 1. The van der Waals surface area contributed by atoms with E-state index in [1.807, 2.05) is 6.07 Å². The minimum absolute atomic E-state index is 0.0121. The van der Waals surface area contributed by atoms with E-state index in [4.69, 9.17) is 11.6 Å². The Morgan fingerprint density at radius 3 is 2.50 bits per heavy atom. The molecule has 1 saturated heterocycles. The number of nitrogens with one attached hydrogen (secondary N) is 1. The standard InChI is InChI=1S/C27H28ClF3N4O5/c28-17-5-8-23-22(14-17)32-26(39)34(23)18-9-11-33(12-10-18)15-20(36)13-16-3-1-2-4-21(16)24(37)35(19-6-7-19)40-25(38)27(29,30)31/h1-5,8,14,18-20,36H,6-7,9-13,15H2,(H,32,39)/t20-/m0/s1. The molecule has 40 heavy (non-hydrogen) atoms. The molecule has 0 spiro atoms. The van der Waals surface area contributed by atoms with Crippen LogP contribution in [0.2, 0.25) is 5.02 Å². The van der Waals surface area contributed by atoms with Gasteiger partial charge in [0.1, 0.15) is 0 Å². The maximum atomic E-state index is 13.1. The third-order valence-electron chi connectivity index (χ3n) is 7.26. The zero-order chi connectivity index (χ0) is 28.6. The number of benzene rings is 2. The molecule has 2 heterocycles. The molecule has 2 aliphatic rings. The second-order valence-electron chi connectivity index (χ2n) is 10.2. The first-order valence-corrected chi connectivity index (χ1v) is 13.4. The number of rotatable bonds is 7. The van der Waals surface area contributed by atoms with Crippen molar-refractivity contribution in [3.8, 4) is 0 Å². The van der Waals surface area contributed by atoms with Crippen molar-refractivity contribution in [1.82, 2.24) is 19.5 Å². The highest BCUT2D eigenvalue weighted by Gasteiger charge is 2.46. The van der Waals surface area contributed by atoms with Crippen molar-refractivity contribution in [3.63, 3.8) is 0 Å². The number of alkyl halides is 3. The first-order valence-electron chi connectivity index (χ1n) is 13.0. The number of aliphatic hydroxyl groups excluding tert-OH is 1. The van der Waals surface area contributed by atoms with E-state index >= 15 is 0 Å². The van der Waals surface area contributed by atoms with Crippen LogP contribution < -0.4 is 5.69 Å². The van der Waals surface area contributed by atoms with Crippen molar-refractivity contribution in [3.05, 3.63) is 69.1 Å². The number of likely N-dealkylation sites (tertiary alicyclic amines) is 1. The van der Waals surface area contributed by atoms with Crippen molar-refractivity contribution in [1.29, 1.82) is 0 Å². The number of fused-ring (bicyclic) bond motifs is 1. The Kier molecular flexibility index (Phi) is 7.94. The minimum Gasteiger partial charge on any atom is -0.391 e. The molecule has 0 bridgehead atoms. The Hall–Kier alpha value is -3.35. The van der Waals surface area contributed by atoms with Crippen molar-refractivity contribution >= 4 is 34.5 Å². The molecule has 1 aromatic heterocycles. The second kappa shape index (κ2) is 11.3. The maximum Gasteiger partial charge on any atom is 0.493 e. The van der Waals surface area contributed by atoms with Gasteiger partial charge in [0.2, 0.25) is 0 Å². The molecule has 1 amide bonds. The number of halogens is 4. The topological polar surface area (TPSA) is 108 Å². The first kappa shape index (κ1) is 28.2. The number of hydroxylamine groups is 2. The van der Waals surface area contributed by atoms with Crippen LogP contribution in [0.25, 0.3) is 11.0 Å². The van der Waals surface area contributed by atoms with E-state index in [0.29, 0.717) is 66.5 Å². The van der Waals surface area contributed by atoms with Crippen LogP contribution in [0.3, 0.4) is 0 Å². The van der Waals surface area contributed by atoms with Gasteiger partial charge in [0.25, 0.3) is 5.91 Å². The fraction of sp³-hybridized carbons (Fsp3) is 0.444. The van der Waals surface area contributed by atoms with Gasteiger partial charge in [-0.2, -0.15) is 18.2 Å². The molecule has 0 unspecified atom stereocenters. The van der Waals surface area contributed by atoms with Crippen LogP contribution in [0, 0.1) is 0 Å². The number of carbonyl (C=O) groups is 2. The number of aromatic nitrogens is 2. The van der Waals surface area contributed by atoms with Gasteiger partial charge in [0.15, 0.2) is 0 Å². The fourth-order valence-corrected chi connectivity index (χ4v) is 5.37. The number of hydrogen-bond donors (Lipinski definition) is 2. The van der Waals surface area contributed by atoms with Gasteiger partial charge in [-0.1, -0.05) is 29.8 Å². The van der Waals surface area contributed by atoms with Gasteiger partial charge >= 0.3 is 17.8 Å². The number of amides is 1. The average molecular weight is 581 g/mol. The summed E-state index contributed by atoms with van der Waals surface area (Å²) in [4.78, 5) is 46.5. The van der Waals surface area contributed by atoms with Crippen molar-refractivity contribution < 1.29 is 32.7 Å². The molecule has 2 fully saturated rings. The Balaban J connectivity index is 1.21. The van der Waals surface area contributed by atoms with Crippen LogP contribution in [0.15, 0.2) is 47.3 Å². The molecule has 13 heteroatoms. The van der Waals surface area contributed by atoms with Crippen LogP contribution in [-0.2, 0) is 16.1 Å². The summed E-state index contributed by atoms with van der Waals surface area (Å²) in [5, 5.41) is 11.9. The number of β-amino-alcohol motifs (C(OH)–C–C–N with tert-alkyl or cyclic N) is 1. The zero-order valence-electron chi connectivity index (χ0n) is 21.4. The Bertz CT molecular complexity index is 1460. The molecule has 1 atom stereocenters. The monoisotopic (exact) mass is 580 g/mol. The van der Waals surface area contributed by atoms with Crippen LogP contribution in [0.5, 0.6) is 0 Å². The molecule has 9 nitrogen and oxygen atoms in total. The number of piperidine rings is 1. The second-order valence-corrected chi connectivity index (χ2v) is 10.7. The van der Waals surface area contributed by atoms with Gasteiger partial charge in [-0.05, 0) is 55.5 Å². The molecule has 1 aliphatic carbocycles. The van der Waals surface area contributed by atoms with E-state index in [9.17, 15) is 32.7 Å².